The van der Waals surface area contributed by atoms with Crippen LogP contribution >= 0.6 is 27.5 Å². The van der Waals surface area contributed by atoms with Gasteiger partial charge in [-0.1, -0.05) is 11.6 Å². The summed E-state index contributed by atoms with van der Waals surface area (Å²) in [6, 6.07) is 0.818. The van der Waals surface area contributed by atoms with Gasteiger partial charge in [0.1, 0.15) is 5.02 Å². The number of carboxylic acid groups (broad SMARTS) is 1. The smallest absolute Gasteiger partial charge is 0.338 e. The Morgan fingerprint density at radius 3 is 2.46 bits per heavy atom. The fraction of sp³-hybridized carbons (Fsp3) is 0. The monoisotopic (exact) mass is 270 g/mol. The van der Waals surface area contributed by atoms with Gasteiger partial charge >= 0.3 is 5.97 Å². The van der Waals surface area contributed by atoms with Crippen LogP contribution in [0.4, 0.5) is 8.78 Å². The lowest BCUT2D eigenvalue weighted by Crippen LogP contribution is -2.02. The zero-order chi connectivity index (χ0) is 10.2. The third-order valence-corrected chi connectivity index (χ3v) is 2.24. The van der Waals surface area contributed by atoms with Crippen molar-refractivity contribution in [2.45, 2.75) is 0 Å². The van der Waals surface area contributed by atoms with E-state index in [-0.39, 0.29) is 4.47 Å². The summed E-state index contributed by atoms with van der Waals surface area (Å²) in [6.07, 6.45) is 0. The molecule has 0 aromatic heterocycles. The highest BCUT2D eigenvalue weighted by atomic mass is 79.9. The first-order valence-corrected chi connectivity index (χ1v) is 4.18. The maximum absolute atomic E-state index is 12.9. The molecule has 0 amide bonds. The zero-order valence-corrected chi connectivity index (χ0v) is 8.29. The number of carbonyl (C=O) groups is 1. The summed E-state index contributed by atoms with van der Waals surface area (Å²) in [5.41, 5.74) is -0.668. The molecule has 0 bridgehead atoms. The van der Waals surface area contributed by atoms with Gasteiger partial charge in [-0.05, 0) is 22.0 Å². The molecule has 0 radical (unpaired) electrons. The number of benzene rings is 1. The van der Waals surface area contributed by atoms with Crippen molar-refractivity contribution in [1.29, 1.82) is 0 Å². The summed E-state index contributed by atoms with van der Waals surface area (Å²) < 4.78 is 25.6. The molecule has 1 N–H and O–H groups in total. The SMILES string of the molecule is O=C(O)c1cc(Br)c(F)c(Cl)c1F. The van der Waals surface area contributed by atoms with Crippen LogP contribution in [0, 0.1) is 11.6 Å². The van der Waals surface area contributed by atoms with Crippen molar-refractivity contribution in [3.05, 3.63) is 32.8 Å². The van der Waals surface area contributed by atoms with Gasteiger partial charge in [0.05, 0.1) is 10.0 Å². The molecular formula is C7H2BrClF2O2. The maximum Gasteiger partial charge on any atom is 0.338 e. The fourth-order valence-electron chi connectivity index (χ4n) is 0.728. The van der Waals surface area contributed by atoms with Gasteiger partial charge in [-0.15, -0.1) is 0 Å². The van der Waals surface area contributed by atoms with Gasteiger partial charge in [-0.2, -0.15) is 0 Å². The quantitative estimate of drug-likeness (QED) is 0.629. The fourth-order valence-corrected chi connectivity index (χ4v) is 1.47. The summed E-state index contributed by atoms with van der Waals surface area (Å²) in [5.74, 6) is -3.78. The third kappa shape index (κ3) is 1.81. The van der Waals surface area contributed by atoms with E-state index in [4.69, 9.17) is 16.7 Å². The van der Waals surface area contributed by atoms with E-state index in [1.165, 1.54) is 0 Å². The summed E-state index contributed by atoms with van der Waals surface area (Å²) in [6.45, 7) is 0. The van der Waals surface area contributed by atoms with Crippen LogP contribution in [0.3, 0.4) is 0 Å². The lowest BCUT2D eigenvalue weighted by Gasteiger charge is -2.02. The average molecular weight is 271 g/mol. The van der Waals surface area contributed by atoms with E-state index in [1.807, 2.05) is 0 Å². The summed E-state index contributed by atoms with van der Waals surface area (Å²) in [4.78, 5) is 10.4. The molecule has 1 rings (SSSR count). The molecule has 0 fully saturated rings. The van der Waals surface area contributed by atoms with Crippen molar-refractivity contribution >= 4 is 33.5 Å². The van der Waals surface area contributed by atoms with Gasteiger partial charge in [0, 0.05) is 0 Å². The molecule has 0 atom stereocenters. The van der Waals surface area contributed by atoms with Crippen molar-refractivity contribution in [3.8, 4) is 0 Å². The average Bonchev–Trinajstić information content (AvgIpc) is 2.07. The van der Waals surface area contributed by atoms with Gasteiger partial charge in [-0.3, -0.25) is 0 Å². The minimum atomic E-state index is -1.50. The molecule has 0 saturated carbocycles. The molecule has 0 aliphatic rings. The Balaban J connectivity index is 3.50. The Morgan fingerprint density at radius 2 is 2.00 bits per heavy atom. The number of aromatic carboxylic acids is 1. The molecular weight excluding hydrogens is 269 g/mol. The van der Waals surface area contributed by atoms with Crippen LogP contribution in [0.2, 0.25) is 5.02 Å². The molecule has 0 aliphatic heterocycles. The summed E-state index contributed by atoms with van der Waals surface area (Å²) >= 11 is 7.90. The van der Waals surface area contributed by atoms with E-state index in [1.54, 1.807) is 0 Å². The van der Waals surface area contributed by atoms with Gasteiger partial charge in [-0.25, -0.2) is 13.6 Å². The predicted octanol–water partition coefficient (Wildman–Crippen LogP) is 3.08. The highest BCUT2D eigenvalue weighted by molar-refractivity contribution is 9.10. The Bertz CT molecular complexity index is 381. The second-order valence-electron chi connectivity index (χ2n) is 2.15. The topological polar surface area (TPSA) is 37.3 Å². The molecule has 0 saturated heterocycles. The minimum Gasteiger partial charge on any atom is -0.478 e. The van der Waals surface area contributed by atoms with Crippen LogP contribution < -0.4 is 0 Å². The van der Waals surface area contributed by atoms with Crippen molar-refractivity contribution < 1.29 is 18.7 Å². The lowest BCUT2D eigenvalue weighted by atomic mass is 10.2. The first-order valence-electron chi connectivity index (χ1n) is 3.01. The molecule has 70 valence electrons. The van der Waals surface area contributed by atoms with E-state index in [2.05, 4.69) is 15.9 Å². The number of carboxylic acids is 1. The second-order valence-corrected chi connectivity index (χ2v) is 3.39. The van der Waals surface area contributed by atoms with E-state index in [0.717, 1.165) is 6.07 Å². The molecule has 13 heavy (non-hydrogen) atoms. The number of halogens is 4. The molecule has 6 heteroatoms. The molecule has 0 heterocycles. The van der Waals surface area contributed by atoms with E-state index < -0.39 is 28.2 Å². The summed E-state index contributed by atoms with van der Waals surface area (Å²) in [7, 11) is 0. The predicted molar refractivity (Wildman–Crippen MR) is 46.0 cm³/mol. The Labute approximate surface area is 85.3 Å². The molecule has 0 unspecified atom stereocenters. The maximum atomic E-state index is 12.9. The first-order chi connectivity index (χ1) is 5.95. The normalized spacial score (nSPS) is 10.2. The van der Waals surface area contributed by atoms with Gasteiger partial charge in [0.15, 0.2) is 11.6 Å². The zero-order valence-electron chi connectivity index (χ0n) is 5.94. The molecule has 2 nitrogen and oxygen atoms in total. The van der Waals surface area contributed by atoms with Crippen molar-refractivity contribution in [1.82, 2.24) is 0 Å². The van der Waals surface area contributed by atoms with Crippen molar-refractivity contribution in [2.24, 2.45) is 0 Å². The van der Waals surface area contributed by atoms with Crippen LogP contribution in [0.1, 0.15) is 10.4 Å². The largest absolute Gasteiger partial charge is 0.478 e. The van der Waals surface area contributed by atoms with Gasteiger partial charge in [0.25, 0.3) is 0 Å². The second kappa shape index (κ2) is 3.59. The Morgan fingerprint density at radius 1 is 1.46 bits per heavy atom. The van der Waals surface area contributed by atoms with E-state index >= 15 is 0 Å². The molecule has 0 aliphatic carbocycles. The summed E-state index contributed by atoms with van der Waals surface area (Å²) in [5, 5.41) is 7.64. The van der Waals surface area contributed by atoms with Crippen LogP contribution in [0.5, 0.6) is 0 Å². The minimum absolute atomic E-state index is 0.184. The van der Waals surface area contributed by atoms with E-state index in [0.29, 0.717) is 0 Å². The number of hydrogen-bond donors (Lipinski definition) is 1. The lowest BCUT2D eigenvalue weighted by molar-refractivity contribution is 0.0691. The van der Waals surface area contributed by atoms with Crippen LogP contribution in [0.15, 0.2) is 10.5 Å². The van der Waals surface area contributed by atoms with Crippen LogP contribution in [0.25, 0.3) is 0 Å². The van der Waals surface area contributed by atoms with Crippen LogP contribution in [-0.4, -0.2) is 11.1 Å². The molecule has 1 aromatic rings. The molecule has 1 aromatic carbocycles. The number of hydrogen-bond acceptors (Lipinski definition) is 1. The van der Waals surface area contributed by atoms with Gasteiger partial charge < -0.3 is 5.11 Å². The highest BCUT2D eigenvalue weighted by Crippen LogP contribution is 2.28. The highest BCUT2D eigenvalue weighted by Gasteiger charge is 2.19. The number of rotatable bonds is 1. The van der Waals surface area contributed by atoms with Crippen molar-refractivity contribution in [3.63, 3.8) is 0 Å². The standard InChI is InChI=1S/C7H2BrClF2O2/c8-3-1-2(7(12)13)5(10)4(9)6(3)11/h1H,(H,12,13). The van der Waals surface area contributed by atoms with Crippen molar-refractivity contribution in [2.75, 3.05) is 0 Å². The Kier molecular flexibility index (Phi) is 2.87. The van der Waals surface area contributed by atoms with E-state index in [9.17, 15) is 13.6 Å². The van der Waals surface area contributed by atoms with Gasteiger partial charge in [0.2, 0.25) is 0 Å². The third-order valence-electron chi connectivity index (χ3n) is 1.33. The van der Waals surface area contributed by atoms with Crippen LogP contribution in [-0.2, 0) is 0 Å². The molecule has 0 spiro atoms. The first kappa shape index (κ1) is 10.4. The Hall–Kier alpha value is -0.680.